The molecule has 0 aromatic heterocycles. The van der Waals surface area contributed by atoms with Gasteiger partial charge in [0.1, 0.15) is 0 Å². The lowest BCUT2D eigenvalue weighted by atomic mass is 9.78. The Labute approximate surface area is 111 Å². The van der Waals surface area contributed by atoms with Crippen molar-refractivity contribution in [2.45, 2.75) is 32.6 Å². The summed E-state index contributed by atoms with van der Waals surface area (Å²) in [5.74, 6) is -0.927. The fourth-order valence-electron chi connectivity index (χ4n) is 2.44. The first-order valence-electron chi connectivity index (χ1n) is 6.34. The second-order valence-corrected chi connectivity index (χ2v) is 5.02. The van der Waals surface area contributed by atoms with Crippen LogP contribution in [0.1, 0.15) is 26.2 Å². The van der Waals surface area contributed by atoms with Gasteiger partial charge in [-0.2, -0.15) is 0 Å². The van der Waals surface area contributed by atoms with E-state index >= 15 is 0 Å². The van der Waals surface area contributed by atoms with Crippen LogP contribution in [0, 0.1) is 5.41 Å². The van der Waals surface area contributed by atoms with Crippen LogP contribution in [0.3, 0.4) is 0 Å². The number of rotatable bonds is 4. The Morgan fingerprint density at radius 2 is 2.11 bits per heavy atom. The lowest BCUT2D eigenvalue weighted by molar-refractivity contribution is -0.152. The molecule has 19 heavy (non-hydrogen) atoms. The molecule has 1 rings (SSSR count). The van der Waals surface area contributed by atoms with Crippen molar-refractivity contribution >= 4 is 12.0 Å². The smallest absolute Gasteiger partial charge is 0.319 e. The number of likely N-dealkylation sites (tertiary alicyclic amines) is 1. The molecule has 1 atom stereocenters. The molecule has 1 aliphatic rings. The first-order chi connectivity index (χ1) is 8.82. The van der Waals surface area contributed by atoms with Crippen LogP contribution in [-0.4, -0.2) is 60.0 Å². The minimum absolute atomic E-state index is 0.0885. The molecular weight excluding hydrogens is 258 g/mol. The molecule has 0 aromatic rings. The van der Waals surface area contributed by atoms with Crippen molar-refractivity contribution in [2.75, 3.05) is 26.7 Å². The normalized spacial score (nSPS) is 23.5. The molecule has 1 aliphatic heterocycles. The Bertz CT molecular complexity index is 352. The maximum Gasteiger partial charge on any atom is 0.319 e. The second-order valence-electron chi connectivity index (χ2n) is 5.02. The molecule has 7 heteroatoms. The molecule has 2 amide bonds. The van der Waals surface area contributed by atoms with Crippen molar-refractivity contribution in [1.82, 2.24) is 9.80 Å². The van der Waals surface area contributed by atoms with Crippen LogP contribution in [0.25, 0.3) is 0 Å². The lowest BCUT2D eigenvalue weighted by Gasteiger charge is -2.40. The number of carbonyl (C=O) groups excluding carboxylic acids is 1. The number of halogens is 2. The van der Waals surface area contributed by atoms with Gasteiger partial charge < -0.3 is 14.9 Å². The number of carboxylic acids is 1. The molecule has 1 heterocycles. The van der Waals surface area contributed by atoms with E-state index in [-0.39, 0.29) is 6.54 Å². The topological polar surface area (TPSA) is 60.9 Å². The molecular formula is C12H20F2N2O3. The van der Waals surface area contributed by atoms with Crippen LogP contribution in [-0.2, 0) is 4.79 Å². The highest BCUT2D eigenvalue weighted by Gasteiger charge is 2.42. The molecule has 0 bridgehead atoms. The number of carbonyl (C=O) groups is 2. The Hall–Kier alpha value is -1.40. The third-order valence-corrected chi connectivity index (χ3v) is 3.72. The number of hydrogen-bond donors (Lipinski definition) is 1. The van der Waals surface area contributed by atoms with Gasteiger partial charge in [-0.25, -0.2) is 13.6 Å². The van der Waals surface area contributed by atoms with Gasteiger partial charge in [0.2, 0.25) is 0 Å². The summed E-state index contributed by atoms with van der Waals surface area (Å²) in [4.78, 5) is 25.6. The molecule has 110 valence electrons. The van der Waals surface area contributed by atoms with Gasteiger partial charge in [0, 0.05) is 20.1 Å². The molecule has 1 saturated heterocycles. The molecule has 0 spiro atoms. The van der Waals surface area contributed by atoms with Crippen LogP contribution in [0.5, 0.6) is 0 Å². The average molecular weight is 278 g/mol. The molecule has 0 radical (unpaired) electrons. The summed E-state index contributed by atoms with van der Waals surface area (Å²) in [6.07, 6.45) is -1.07. The minimum Gasteiger partial charge on any atom is -0.481 e. The van der Waals surface area contributed by atoms with E-state index in [0.717, 1.165) is 4.90 Å². The number of amides is 2. The summed E-state index contributed by atoms with van der Waals surface area (Å²) < 4.78 is 24.5. The van der Waals surface area contributed by atoms with Crippen molar-refractivity contribution < 1.29 is 23.5 Å². The fourth-order valence-corrected chi connectivity index (χ4v) is 2.44. The standard InChI is InChI=1S/C12H20F2N2O3/c1-3-12(10(17)18)5-4-6-16(8-12)11(19)15(2)7-9(13)14/h9H,3-8H2,1-2H3,(H,17,18). The summed E-state index contributed by atoms with van der Waals surface area (Å²) >= 11 is 0. The van der Waals surface area contributed by atoms with Gasteiger partial charge in [0.25, 0.3) is 6.43 Å². The van der Waals surface area contributed by atoms with Crippen LogP contribution < -0.4 is 0 Å². The Morgan fingerprint density at radius 1 is 1.47 bits per heavy atom. The monoisotopic (exact) mass is 278 g/mol. The summed E-state index contributed by atoms with van der Waals surface area (Å²) in [5.41, 5.74) is -0.945. The molecule has 0 saturated carbocycles. The Morgan fingerprint density at radius 3 is 2.58 bits per heavy atom. The third-order valence-electron chi connectivity index (χ3n) is 3.72. The van der Waals surface area contributed by atoms with Gasteiger partial charge in [-0.05, 0) is 19.3 Å². The number of aliphatic carboxylic acids is 1. The zero-order chi connectivity index (χ0) is 14.6. The van der Waals surface area contributed by atoms with Gasteiger partial charge in [-0.1, -0.05) is 6.92 Å². The summed E-state index contributed by atoms with van der Waals surface area (Å²) in [6.45, 7) is 1.64. The second kappa shape index (κ2) is 6.16. The molecule has 1 unspecified atom stereocenters. The van der Waals surface area contributed by atoms with Crippen molar-refractivity contribution in [2.24, 2.45) is 5.41 Å². The van der Waals surface area contributed by atoms with Gasteiger partial charge in [0.15, 0.2) is 0 Å². The van der Waals surface area contributed by atoms with E-state index in [1.807, 2.05) is 0 Å². The molecule has 0 aliphatic carbocycles. The number of nitrogens with zero attached hydrogens (tertiary/aromatic N) is 2. The van der Waals surface area contributed by atoms with Gasteiger partial charge in [-0.3, -0.25) is 4.79 Å². The molecule has 1 fully saturated rings. The highest BCUT2D eigenvalue weighted by Crippen LogP contribution is 2.34. The number of piperidine rings is 1. The first kappa shape index (κ1) is 15.7. The van der Waals surface area contributed by atoms with E-state index in [2.05, 4.69) is 0 Å². The fraction of sp³-hybridized carbons (Fsp3) is 0.833. The van der Waals surface area contributed by atoms with Crippen molar-refractivity contribution in [3.63, 3.8) is 0 Å². The zero-order valence-electron chi connectivity index (χ0n) is 11.2. The summed E-state index contributed by atoms with van der Waals surface area (Å²) in [6, 6.07) is -0.529. The highest BCUT2D eigenvalue weighted by molar-refractivity contribution is 5.78. The number of urea groups is 1. The van der Waals surface area contributed by atoms with E-state index in [9.17, 15) is 23.5 Å². The SMILES string of the molecule is CCC1(C(=O)O)CCCN(C(=O)N(C)CC(F)F)C1. The van der Waals surface area contributed by atoms with Crippen LogP contribution in [0.2, 0.25) is 0 Å². The maximum atomic E-state index is 12.3. The van der Waals surface area contributed by atoms with Crippen molar-refractivity contribution in [3.8, 4) is 0 Å². The van der Waals surface area contributed by atoms with Crippen LogP contribution in [0.15, 0.2) is 0 Å². The van der Waals surface area contributed by atoms with Crippen LogP contribution in [0.4, 0.5) is 13.6 Å². The Kier molecular flexibility index (Phi) is 5.08. The molecule has 0 aromatic carbocycles. The Balaban J connectivity index is 2.74. The third kappa shape index (κ3) is 3.54. The van der Waals surface area contributed by atoms with Gasteiger partial charge in [-0.15, -0.1) is 0 Å². The predicted octanol–water partition coefficient (Wildman–Crippen LogP) is 1.88. The van der Waals surface area contributed by atoms with E-state index in [1.54, 1.807) is 6.92 Å². The van der Waals surface area contributed by atoms with Crippen molar-refractivity contribution in [1.29, 1.82) is 0 Å². The van der Waals surface area contributed by atoms with Crippen molar-refractivity contribution in [3.05, 3.63) is 0 Å². The average Bonchev–Trinajstić information content (AvgIpc) is 2.36. The van der Waals surface area contributed by atoms with E-state index in [4.69, 9.17) is 0 Å². The van der Waals surface area contributed by atoms with Crippen LogP contribution >= 0.6 is 0 Å². The first-order valence-corrected chi connectivity index (χ1v) is 6.34. The molecule has 5 nitrogen and oxygen atoms in total. The highest BCUT2D eigenvalue weighted by atomic mass is 19.3. The lowest BCUT2D eigenvalue weighted by Crippen LogP contribution is -2.53. The number of carboxylic acid groups (broad SMARTS) is 1. The molecule has 1 N–H and O–H groups in total. The quantitative estimate of drug-likeness (QED) is 0.854. The summed E-state index contributed by atoms with van der Waals surface area (Å²) in [5, 5.41) is 9.30. The number of hydrogen-bond acceptors (Lipinski definition) is 2. The number of alkyl halides is 2. The summed E-state index contributed by atoms with van der Waals surface area (Å²) in [7, 11) is 1.30. The van der Waals surface area contributed by atoms with Gasteiger partial charge >= 0.3 is 12.0 Å². The van der Waals surface area contributed by atoms with E-state index in [1.165, 1.54) is 11.9 Å². The van der Waals surface area contributed by atoms with E-state index < -0.39 is 30.4 Å². The van der Waals surface area contributed by atoms with Gasteiger partial charge in [0.05, 0.1) is 12.0 Å². The predicted molar refractivity (Wildman–Crippen MR) is 65.2 cm³/mol. The zero-order valence-corrected chi connectivity index (χ0v) is 11.2. The van der Waals surface area contributed by atoms with E-state index in [0.29, 0.717) is 25.8 Å². The maximum absolute atomic E-state index is 12.3. The largest absolute Gasteiger partial charge is 0.481 e. The minimum atomic E-state index is -2.59.